The van der Waals surface area contributed by atoms with Gasteiger partial charge in [-0.1, -0.05) is 11.6 Å². The maximum Gasteiger partial charge on any atom is 0.411 e. The highest BCUT2D eigenvalue weighted by molar-refractivity contribution is 5.21. The third-order valence-electron chi connectivity index (χ3n) is 2.53. The Morgan fingerprint density at radius 3 is 2.61 bits per heavy atom. The molecule has 0 radical (unpaired) electrons. The number of nitrogens with one attached hydrogen (secondary N) is 1. The van der Waals surface area contributed by atoms with Gasteiger partial charge in [0.15, 0.2) is 0 Å². The Morgan fingerprint density at radius 1 is 1.33 bits per heavy atom. The Balaban J connectivity index is 2.16. The molecule has 104 valence electrons. The smallest absolute Gasteiger partial charge is 0.371 e. The van der Waals surface area contributed by atoms with E-state index in [4.69, 9.17) is 0 Å². The number of hydrazine groups is 1. The molecule has 1 N–H and O–H groups in total. The minimum atomic E-state index is -4.25. The molecule has 1 aliphatic carbocycles. The standard InChI is InChI=1S/C12H19F3N2O/c1-10-3-5-11(6-4-10)16-17(2)7-8-18-9-12(13,14)15/h3,5,16H,4,6-9H2,1-2H3. The largest absolute Gasteiger partial charge is 0.411 e. The first-order valence-electron chi connectivity index (χ1n) is 5.85. The van der Waals surface area contributed by atoms with Crippen molar-refractivity contribution in [3.63, 3.8) is 0 Å². The molecule has 0 heterocycles. The van der Waals surface area contributed by atoms with Crippen LogP contribution in [0.3, 0.4) is 0 Å². The van der Waals surface area contributed by atoms with Crippen molar-refractivity contribution in [2.75, 3.05) is 26.8 Å². The van der Waals surface area contributed by atoms with Crippen LogP contribution >= 0.6 is 0 Å². The second-order valence-corrected chi connectivity index (χ2v) is 4.41. The molecule has 18 heavy (non-hydrogen) atoms. The fourth-order valence-corrected chi connectivity index (χ4v) is 1.52. The second-order valence-electron chi connectivity index (χ2n) is 4.41. The van der Waals surface area contributed by atoms with E-state index in [1.165, 1.54) is 5.57 Å². The van der Waals surface area contributed by atoms with Gasteiger partial charge in [-0.05, 0) is 25.8 Å². The second kappa shape index (κ2) is 6.80. The summed E-state index contributed by atoms with van der Waals surface area (Å²) in [4.78, 5) is 0. The molecule has 0 fully saturated rings. The molecule has 0 unspecified atom stereocenters. The Labute approximate surface area is 105 Å². The summed E-state index contributed by atoms with van der Waals surface area (Å²) in [7, 11) is 1.78. The van der Waals surface area contributed by atoms with E-state index in [9.17, 15) is 13.2 Å². The predicted octanol–water partition coefficient (Wildman–Crippen LogP) is 2.63. The molecule has 0 aliphatic heterocycles. The Hall–Kier alpha value is -1.01. The molecule has 0 atom stereocenters. The number of nitrogens with zero attached hydrogens (tertiary/aromatic N) is 1. The van der Waals surface area contributed by atoms with Crippen molar-refractivity contribution in [1.82, 2.24) is 10.4 Å². The molecular weight excluding hydrogens is 245 g/mol. The molecule has 0 amide bonds. The summed E-state index contributed by atoms with van der Waals surface area (Å²) in [5.41, 5.74) is 5.52. The van der Waals surface area contributed by atoms with E-state index < -0.39 is 12.8 Å². The molecule has 0 saturated heterocycles. The van der Waals surface area contributed by atoms with Gasteiger partial charge in [0.1, 0.15) is 6.61 Å². The number of rotatable bonds is 6. The summed E-state index contributed by atoms with van der Waals surface area (Å²) in [5.74, 6) is 0. The van der Waals surface area contributed by atoms with Gasteiger partial charge < -0.3 is 10.2 Å². The number of hydrogen-bond acceptors (Lipinski definition) is 3. The minimum absolute atomic E-state index is 0.0468. The maximum absolute atomic E-state index is 11.8. The minimum Gasteiger partial charge on any atom is -0.371 e. The summed E-state index contributed by atoms with van der Waals surface area (Å²) in [6.07, 6.45) is 1.72. The maximum atomic E-state index is 11.8. The van der Waals surface area contributed by atoms with Crippen molar-refractivity contribution in [2.45, 2.75) is 25.9 Å². The van der Waals surface area contributed by atoms with Crippen LogP contribution in [-0.2, 0) is 4.74 Å². The Bertz CT molecular complexity index is 324. The van der Waals surface area contributed by atoms with Crippen LogP contribution in [0.2, 0.25) is 0 Å². The number of hydrogen-bond donors (Lipinski definition) is 1. The Morgan fingerprint density at radius 2 is 2.06 bits per heavy atom. The van der Waals surface area contributed by atoms with Crippen molar-refractivity contribution >= 4 is 0 Å². The van der Waals surface area contributed by atoms with Crippen molar-refractivity contribution in [3.05, 3.63) is 23.4 Å². The van der Waals surface area contributed by atoms with Crippen LogP contribution in [0.25, 0.3) is 0 Å². The van der Waals surface area contributed by atoms with Crippen LogP contribution < -0.4 is 5.43 Å². The van der Waals surface area contributed by atoms with E-state index >= 15 is 0 Å². The Kier molecular flexibility index (Phi) is 5.68. The van der Waals surface area contributed by atoms with Gasteiger partial charge in [-0.2, -0.15) is 13.2 Å². The van der Waals surface area contributed by atoms with E-state index in [-0.39, 0.29) is 6.61 Å². The zero-order valence-corrected chi connectivity index (χ0v) is 10.7. The van der Waals surface area contributed by atoms with Crippen molar-refractivity contribution in [3.8, 4) is 0 Å². The number of likely N-dealkylation sites (N-methyl/N-ethyl adjacent to an activating group) is 1. The van der Waals surface area contributed by atoms with Gasteiger partial charge in [-0.3, -0.25) is 0 Å². The number of alkyl halides is 3. The molecule has 1 aliphatic rings. The van der Waals surface area contributed by atoms with Gasteiger partial charge in [0.2, 0.25) is 0 Å². The van der Waals surface area contributed by atoms with Crippen molar-refractivity contribution < 1.29 is 17.9 Å². The summed E-state index contributed by atoms with van der Waals surface area (Å²) in [6.45, 7) is 1.33. The SMILES string of the molecule is CC1=CC=C(NN(C)CCOCC(F)(F)F)CC1. The van der Waals surface area contributed by atoms with Gasteiger partial charge in [-0.25, -0.2) is 5.01 Å². The number of halogens is 3. The van der Waals surface area contributed by atoms with Gasteiger partial charge in [0.05, 0.1) is 6.61 Å². The quantitative estimate of drug-likeness (QED) is 0.589. The first-order chi connectivity index (χ1) is 8.37. The van der Waals surface area contributed by atoms with Crippen LogP contribution in [0, 0.1) is 0 Å². The predicted molar refractivity (Wildman–Crippen MR) is 63.7 cm³/mol. The number of ether oxygens (including phenoxy) is 1. The molecule has 0 aromatic carbocycles. The van der Waals surface area contributed by atoms with Crippen LogP contribution in [-0.4, -0.2) is 38.0 Å². The molecule has 0 bridgehead atoms. The average molecular weight is 264 g/mol. The molecule has 0 saturated carbocycles. The third kappa shape index (κ3) is 6.66. The monoisotopic (exact) mass is 264 g/mol. The lowest BCUT2D eigenvalue weighted by Gasteiger charge is -2.23. The third-order valence-corrected chi connectivity index (χ3v) is 2.53. The molecule has 3 nitrogen and oxygen atoms in total. The van der Waals surface area contributed by atoms with E-state index in [0.717, 1.165) is 18.5 Å². The van der Waals surface area contributed by atoms with Gasteiger partial charge in [-0.15, -0.1) is 0 Å². The molecule has 0 spiro atoms. The first-order valence-corrected chi connectivity index (χ1v) is 5.85. The summed E-state index contributed by atoms with van der Waals surface area (Å²) < 4.78 is 40.0. The molecule has 0 aromatic rings. The molecule has 6 heteroatoms. The lowest BCUT2D eigenvalue weighted by Crippen LogP contribution is -2.37. The summed E-state index contributed by atoms with van der Waals surface area (Å²) in [5, 5.41) is 1.73. The molecule has 0 aromatic heterocycles. The highest BCUT2D eigenvalue weighted by Crippen LogP contribution is 2.16. The van der Waals surface area contributed by atoms with Crippen LogP contribution in [0.4, 0.5) is 13.2 Å². The van der Waals surface area contributed by atoms with Gasteiger partial charge in [0, 0.05) is 19.3 Å². The topological polar surface area (TPSA) is 24.5 Å². The van der Waals surface area contributed by atoms with Crippen LogP contribution in [0.5, 0.6) is 0 Å². The first kappa shape index (κ1) is 15.0. The molecular formula is C12H19F3N2O. The van der Waals surface area contributed by atoms with Crippen LogP contribution in [0.15, 0.2) is 23.4 Å². The highest BCUT2D eigenvalue weighted by atomic mass is 19.4. The zero-order chi connectivity index (χ0) is 13.6. The van der Waals surface area contributed by atoms with Crippen LogP contribution in [0.1, 0.15) is 19.8 Å². The van der Waals surface area contributed by atoms with Gasteiger partial charge >= 0.3 is 6.18 Å². The van der Waals surface area contributed by atoms with Gasteiger partial charge in [0.25, 0.3) is 0 Å². The average Bonchev–Trinajstić information content (AvgIpc) is 2.26. The summed E-state index contributed by atoms with van der Waals surface area (Å²) in [6, 6.07) is 0. The fourth-order valence-electron chi connectivity index (χ4n) is 1.52. The van der Waals surface area contributed by atoms with E-state index in [0.29, 0.717) is 6.54 Å². The molecule has 1 rings (SSSR count). The highest BCUT2D eigenvalue weighted by Gasteiger charge is 2.27. The fraction of sp³-hybridized carbons (Fsp3) is 0.667. The van der Waals surface area contributed by atoms with E-state index in [1.807, 2.05) is 12.2 Å². The summed E-state index contributed by atoms with van der Waals surface area (Å²) >= 11 is 0. The van der Waals surface area contributed by atoms with Crippen molar-refractivity contribution in [1.29, 1.82) is 0 Å². The number of allylic oxidation sites excluding steroid dienone is 4. The normalized spacial score (nSPS) is 16.6. The lowest BCUT2D eigenvalue weighted by atomic mass is 10.0. The zero-order valence-electron chi connectivity index (χ0n) is 10.7. The lowest BCUT2D eigenvalue weighted by molar-refractivity contribution is -0.174. The van der Waals surface area contributed by atoms with E-state index in [2.05, 4.69) is 17.1 Å². The van der Waals surface area contributed by atoms with E-state index in [1.54, 1.807) is 12.1 Å². The van der Waals surface area contributed by atoms with Crippen molar-refractivity contribution in [2.24, 2.45) is 0 Å².